The lowest BCUT2D eigenvalue weighted by atomic mass is 9.75. The van der Waals surface area contributed by atoms with Gasteiger partial charge in [0.05, 0.1) is 11.4 Å². The fraction of sp³-hybridized carbons (Fsp3) is 0.579. The Balaban J connectivity index is 1.55. The molecule has 2 aliphatic rings. The van der Waals surface area contributed by atoms with Crippen molar-refractivity contribution in [2.45, 2.75) is 43.9 Å². The van der Waals surface area contributed by atoms with E-state index < -0.39 is 10.0 Å². The SMILES string of the molecule is CC(=O)Nc1ccc(S(=O)(=O)NCC(=O)N2CC[C@@H]3CCCC[C@H]3C2)cc1. The highest BCUT2D eigenvalue weighted by atomic mass is 32.2. The van der Waals surface area contributed by atoms with Gasteiger partial charge in [0.25, 0.3) is 0 Å². The molecule has 3 rings (SSSR count). The summed E-state index contributed by atoms with van der Waals surface area (Å²) in [7, 11) is -3.77. The monoisotopic (exact) mass is 393 g/mol. The third kappa shape index (κ3) is 5.07. The number of sulfonamides is 1. The van der Waals surface area contributed by atoms with Crippen molar-refractivity contribution in [1.82, 2.24) is 9.62 Å². The average Bonchev–Trinajstić information content (AvgIpc) is 2.66. The second-order valence-corrected chi connectivity index (χ2v) is 9.23. The number of benzene rings is 1. The number of fused-ring (bicyclic) bond motifs is 1. The lowest BCUT2D eigenvalue weighted by Gasteiger charge is -2.41. The van der Waals surface area contributed by atoms with Crippen LogP contribution in [-0.2, 0) is 19.6 Å². The van der Waals surface area contributed by atoms with E-state index in [0.717, 1.165) is 18.9 Å². The summed E-state index contributed by atoms with van der Waals surface area (Å²) in [6, 6.07) is 5.86. The summed E-state index contributed by atoms with van der Waals surface area (Å²) >= 11 is 0. The quantitative estimate of drug-likeness (QED) is 0.799. The zero-order valence-electron chi connectivity index (χ0n) is 15.6. The maximum atomic E-state index is 12.5. The van der Waals surface area contributed by atoms with Crippen molar-refractivity contribution >= 4 is 27.5 Å². The van der Waals surface area contributed by atoms with Gasteiger partial charge in [0.2, 0.25) is 21.8 Å². The first-order chi connectivity index (χ1) is 12.8. The van der Waals surface area contributed by atoms with Crippen LogP contribution in [0.4, 0.5) is 5.69 Å². The highest BCUT2D eigenvalue weighted by molar-refractivity contribution is 7.89. The molecule has 1 aliphatic heterocycles. The molecule has 8 heteroatoms. The van der Waals surface area contributed by atoms with E-state index >= 15 is 0 Å². The summed E-state index contributed by atoms with van der Waals surface area (Å²) in [4.78, 5) is 25.4. The number of amides is 2. The van der Waals surface area contributed by atoms with Gasteiger partial charge in [-0.15, -0.1) is 0 Å². The maximum absolute atomic E-state index is 12.5. The molecule has 1 heterocycles. The van der Waals surface area contributed by atoms with E-state index in [0.29, 0.717) is 18.2 Å². The summed E-state index contributed by atoms with van der Waals surface area (Å²) in [5, 5.41) is 2.58. The molecule has 1 saturated heterocycles. The molecule has 1 aromatic rings. The Morgan fingerprint density at radius 1 is 1.07 bits per heavy atom. The Morgan fingerprint density at radius 3 is 2.41 bits per heavy atom. The minimum Gasteiger partial charge on any atom is -0.341 e. The molecule has 2 fully saturated rings. The predicted molar refractivity (Wildman–Crippen MR) is 103 cm³/mol. The fourth-order valence-corrected chi connectivity index (χ4v) is 5.07. The first kappa shape index (κ1) is 19.8. The number of carbonyl (C=O) groups is 2. The second-order valence-electron chi connectivity index (χ2n) is 7.46. The summed E-state index contributed by atoms with van der Waals surface area (Å²) in [5.41, 5.74) is 0.521. The Morgan fingerprint density at radius 2 is 1.74 bits per heavy atom. The van der Waals surface area contributed by atoms with Crippen LogP contribution in [0, 0.1) is 11.8 Å². The highest BCUT2D eigenvalue weighted by Gasteiger charge is 2.33. The summed E-state index contributed by atoms with van der Waals surface area (Å²) in [6.45, 7) is 2.62. The minimum atomic E-state index is -3.77. The van der Waals surface area contributed by atoms with Crippen molar-refractivity contribution in [2.24, 2.45) is 11.8 Å². The summed E-state index contributed by atoms with van der Waals surface area (Å²) < 4.78 is 27.2. The third-order valence-corrected chi connectivity index (χ3v) is 6.96. The molecule has 0 spiro atoms. The molecule has 7 nitrogen and oxygen atoms in total. The van der Waals surface area contributed by atoms with Crippen LogP contribution in [0.3, 0.4) is 0 Å². The lowest BCUT2D eigenvalue weighted by molar-refractivity contribution is -0.133. The first-order valence-electron chi connectivity index (χ1n) is 9.50. The van der Waals surface area contributed by atoms with E-state index in [-0.39, 0.29) is 23.3 Å². The van der Waals surface area contributed by atoms with E-state index in [1.807, 2.05) is 0 Å². The number of anilines is 1. The lowest BCUT2D eigenvalue weighted by Crippen LogP contribution is -2.48. The van der Waals surface area contributed by atoms with E-state index in [1.165, 1.54) is 56.9 Å². The van der Waals surface area contributed by atoms with Crippen LogP contribution in [0.5, 0.6) is 0 Å². The van der Waals surface area contributed by atoms with Gasteiger partial charge in [-0.1, -0.05) is 19.3 Å². The van der Waals surface area contributed by atoms with Crippen LogP contribution < -0.4 is 10.0 Å². The smallest absolute Gasteiger partial charge is 0.241 e. The van der Waals surface area contributed by atoms with E-state index in [9.17, 15) is 18.0 Å². The van der Waals surface area contributed by atoms with E-state index in [4.69, 9.17) is 0 Å². The second kappa shape index (κ2) is 8.39. The number of likely N-dealkylation sites (tertiary alicyclic amines) is 1. The van der Waals surface area contributed by atoms with Gasteiger partial charge < -0.3 is 10.2 Å². The van der Waals surface area contributed by atoms with Crippen molar-refractivity contribution in [2.75, 3.05) is 25.0 Å². The highest BCUT2D eigenvalue weighted by Crippen LogP contribution is 2.35. The number of piperidine rings is 1. The molecule has 0 bridgehead atoms. The maximum Gasteiger partial charge on any atom is 0.241 e. The Bertz CT molecular complexity index is 792. The number of nitrogens with zero attached hydrogens (tertiary/aromatic N) is 1. The van der Waals surface area contributed by atoms with Crippen molar-refractivity contribution in [3.63, 3.8) is 0 Å². The van der Waals surface area contributed by atoms with Gasteiger partial charge in [-0.05, 0) is 48.9 Å². The Hall–Kier alpha value is -1.93. The Labute approximate surface area is 160 Å². The van der Waals surface area contributed by atoms with Crippen LogP contribution >= 0.6 is 0 Å². The van der Waals surface area contributed by atoms with Crippen molar-refractivity contribution < 1.29 is 18.0 Å². The van der Waals surface area contributed by atoms with Gasteiger partial charge in [0.1, 0.15) is 0 Å². The fourth-order valence-electron chi connectivity index (χ4n) is 4.10. The molecule has 2 atom stereocenters. The van der Waals surface area contributed by atoms with Crippen LogP contribution in [0.2, 0.25) is 0 Å². The number of nitrogens with one attached hydrogen (secondary N) is 2. The predicted octanol–water partition coefficient (Wildman–Crippen LogP) is 1.96. The minimum absolute atomic E-state index is 0.0652. The molecular weight excluding hydrogens is 366 g/mol. The summed E-state index contributed by atoms with van der Waals surface area (Å²) in [5.74, 6) is 0.893. The number of rotatable bonds is 5. The van der Waals surface area contributed by atoms with Gasteiger partial charge in [0.15, 0.2) is 0 Å². The van der Waals surface area contributed by atoms with E-state index in [2.05, 4.69) is 10.0 Å². The van der Waals surface area contributed by atoms with Crippen LogP contribution in [0.25, 0.3) is 0 Å². The topological polar surface area (TPSA) is 95.6 Å². The normalized spacial score (nSPS) is 22.8. The number of hydrogen-bond donors (Lipinski definition) is 2. The van der Waals surface area contributed by atoms with Crippen LogP contribution in [0.1, 0.15) is 39.0 Å². The molecule has 27 heavy (non-hydrogen) atoms. The molecule has 1 saturated carbocycles. The molecule has 1 aromatic carbocycles. The van der Waals surface area contributed by atoms with Crippen LogP contribution in [-0.4, -0.2) is 44.8 Å². The number of hydrogen-bond acceptors (Lipinski definition) is 4. The van der Waals surface area contributed by atoms with Crippen molar-refractivity contribution in [3.05, 3.63) is 24.3 Å². The van der Waals surface area contributed by atoms with Gasteiger partial charge in [-0.3, -0.25) is 9.59 Å². The third-order valence-electron chi connectivity index (χ3n) is 5.54. The van der Waals surface area contributed by atoms with E-state index in [1.54, 1.807) is 4.90 Å². The molecule has 148 valence electrons. The van der Waals surface area contributed by atoms with Crippen molar-refractivity contribution in [1.29, 1.82) is 0 Å². The molecule has 2 amide bonds. The van der Waals surface area contributed by atoms with Gasteiger partial charge in [0, 0.05) is 25.7 Å². The molecule has 0 radical (unpaired) electrons. The first-order valence-corrected chi connectivity index (χ1v) is 11.0. The average molecular weight is 394 g/mol. The zero-order valence-corrected chi connectivity index (χ0v) is 16.4. The van der Waals surface area contributed by atoms with Gasteiger partial charge in [-0.2, -0.15) is 0 Å². The number of carbonyl (C=O) groups excluding carboxylic acids is 2. The van der Waals surface area contributed by atoms with Gasteiger partial charge in [-0.25, -0.2) is 13.1 Å². The molecule has 0 unspecified atom stereocenters. The largest absolute Gasteiger partial charge is 0.341 e. The molecule has 2 N–H and O–H groups in total. The summed E-state index contributed by atoms with van der Waals surface area (Å²) in [6.07, 6.45) is 5.96. The Kier molecular flexibility index (Phi) is 6.16. The van der Waals surface area contributed by atoms with Crippen molar-refractivity contribution in [3.8, 4) is 0 Å². The standard InChI is InChI=1S/C19H27N3O4S/c1-14(23)21-17-6-8-18(9-7-17)27(25,26)20-12-19(24)22-11-10-15-4-2-3-5-16(15)13-22/h6-9,15-16,20H,2-5,10-13H2,1H3,(H,21,23)/t15-,16-/m0/s1. The van der Waals surface area contributed by atoms with Crippen LogP contribution in [0.15, 0.2) is 29.2 Å². The molecular formula is C19H27N3O4S. The van der Waals surface area contributed by atoms with Gasteiger partial charge >= 0.3 is 0 Å². The molecule has 1 aliphatic carbocycles. The zero-order chi connectivity index (χ0) is 19.4. The molecule has 0 aromatic heterocycles.